The molecule has 0 amide bonds. The molecule has 3 heteroatoms. The second kappa shape index (κ2) is 4.33. The molecule has 1 aromatic heterocycles. The summed E-state index contributed by atoms with van der Waals surface area (Å²) in [4.78, 5) is 21.9. The summed E-state index contributed by atoms with van der Waals surface area (Å²) < 4.78 is 0. The normalized spacial score (nSPS) is 10.4. The third-order valence-electron chi connectivity index (χ3n) is 1.91. The van der Waals surface area contributed by atoms with Gasteiger partial charge in [0.15, 0.2) is 6.29 Å². The quantitative estimate of drug-likeness (QED) is 0.692. The summed E-state index contributed by atoms with van der Waals surface area (Å²) in [5, 5.41) is 3.64. The van der Waals surface area contributed by atoms with Crippen molar-refractivity contribution >= 4 is 23.4 Å². The molecule has 0 unspecified atom stereocenters. The number of carbonyl (C=O) groups is 2. The Morgan fingerprint density at radius 3 is 2.77 bits per heavy atom. The van der Waals surface area contributed by atoms with Crippen molar-refractivity contribution < 1.29 is 9.59 Å². The van der Waals surface area contributed by atoms with E-state index in [2.05, 4.69) is 0 Å². The van der Waals surface area contributed by atoms with Gasteiger partial charge in [-0.2, -0.15) is 11.3 Å². The third kappa shape index (κ3) is 2.49. The van der Waals surface area contributed by atoms with Gasteiger partial charge in [-0.05, 0) is 10.9 Å². The Balaban J connectivity index is 2.74. The van der Waals surface area contributed by atoms with E-state index in [0.29, 0.717) is 12.0 Å². The molecule has 0 N–H and O–H groups in total. The van der Waals surface area contributed by atoms with Crippen molar-refractivity contribution in [2.75, 3.05) is 0 Å². The number of ketones is 1. The van der Waals surface area contributed by atoms with E-state index in [-0.39, 0.29) is 11.7 Å². The van der Waals surface area contributed by atoms with E-state index in [9.17, 15) is 9.59 Å². The molecule has 0 atom stereocenters. The number of carbonyl (C=O) groups excluding carboxylic acids is 2. The molecular formula is C10H12O2S. The summed E-state index contributed by atoms with van der Waals surface area (Å²) in [5.41, 5.74) is 1.51. The van der Waals surface area contributed by atoms with Gasteiger partial charge in [-0.1, -0.05) is 13.8 Å². The van der Waals surface area contributed by atoms with Crippen LogP contribution in [0.5, 0.6) is 0 Å². The zero-order valence-electron chi connectivity index (χ0n) is 7.74. The Bertz CT molecular complexity index is 312. The van der Waals surface area contributed by atoms with E-state index in [1.54, 1.807) is 5.38 Å². The van der Waals surface area contributed by atoms with Crippen molar-refractivity contribution in [3.8, 4) is 0 Å². The fourth-order valence-electron chi connectivity index (χ4n) is 0.972. The lowest BCUT2D eigenvalue weighted by Crippen LogP contribution is -2.10. The molecule has 0 saturated heterocycles. The summed E-state index contributed by atoms with van der Waals surface area (Å²) in [6, 6.07) is 0. The Labute approximate surface area is 81.6 Å². The first-order valence-electron chi connectivity index (χ1n) is 4.18. The molecule has 1 rings (SSSR count). The van der Waals surface area contributed by atoms with Crippen LogP contribution in [0, 0.1) is 5.92 Å². The predicted molar refractivity (Wildman–Crippen MR) is 53.3 cm³/mol. The van der Waals surface area contributed by atoms with Crippen molar-refractivity contribution in [1.29, 1.82) is 0 Å². The monoisotopic (exact) mass is 196 g/mol. The SMILES string of the molecule is CC(C)C(=O)Cc1cscc1C=O. The molecule has 0 aliphatic carbocycles. The number of Topliss-reactive ketones (excluding diaryl/α,β-unsaturated/α-hetero) is 1. The van der Waals surface area contributed by atoms with Gasteiger partial charge in [0.25, 0.3) is 0 Å². The maximum absolute atomic E-state index is 11.4. The van der Waals surface area contributed by atoms with Crippen molar-refractivity contribution in [2.45, 2.75) is 20.3 Å². The van der Waals surface area contributed by atoms with Crippen LogP contribution in [0.2, 0.25) is 0 Å². The van der Waals surface area contributed by atoms with Crippen molar-refractivity contribution in [1.82, 2.24) is 0 Å². The lowest BCUT2D eigenvalue weighted by atomic mass is 10.0. The van der Waals surface area contributed by atoms with Crippen LogP contribution in [0.3, 0.4) is 0 Å². The maximum Gasteiger partial charge on any atom is 0.151 e. The van der Waals surface area contributed by atoms with Crippen LogP contribution >= 0.6 is 11.3 Å². The average Bonchev–Trinajstić information content (AvgIpc) is 2.51. The molecule has 1 heterocycles. The second-order valence-electron chi connectivity index (χ2n) is 3.27. The first-order valence-corrected chi connectivity index (χ1v) is 5.12. The van der Waals surface area contributed by atoms with Gasteiger partial charge < -0.3 is 0 Å². The summed E-state index contributed by atoms with van der Waals surface area (Å²) in [6.45, 7) is 3.74. The molecule has 0 aromatic carbocycles. The predicted octanol–water partition coefficient (Wildman–Crippen LogP) is 2.33. The molecule has 0 bridgehead atoms. The standard InChI is InChI=1S/C10H12O2S/c1-7(2)10(12)3-8-5-13-6-9(8)4-11/h4-7H,3H2,1-2H3. The van der Waals surface area contributed by atoms with Crippen molar-refractivity contribution in [2.24, 2.45) is 5.92 Å². The fourth-order valence-corrected chi connectivity index (χ4v) is 1.78. The third-order valence-corrected chi connectivity index (χ3v) is 2.72. The van der Waals surface area contributed by atoms with Gasteiger partial charge in [-0.15, -0.1) is 0 Å². The first-order chi connectivity index (χ1) is 6.15. The number of aldehydes is 1. The minimum absolute atomic E-state index is 0.0411. The molecular weight excluding hydrogens is 184 g/mol. The van der Waals surface area contributed by atoms with Crippen LogP contribution in [0.15, 0.2) is 10.8 Å². The average molecular weight is 196 g/mol. The molecule has 0 aliphatic rings. The minimum Gasteiger partial charge on any atom is -0.299 e. The highest BCUT2D eigenvalue weighted by Crippen LogP contribution is 2.15. The van der Waals surface area contributed by atoms with E-state index in [0.717, 1.165) is 11.8 Å². The number of rotatable bonds is 4. The maximum atomic E-state index is 11.4. The Kier molecular flexibility index (Phi) is 3.37. The van der Waals surface area contributed by atoms with Gasteiger partial charge in [0.05, 0.1) is 0 Å². The molecule has 0 fully saturated rings. The molecule has 0 aliphatic heterocycles. The van der Waals surface area contributed by atoms with Gasteiger partial charge in [-0.25, -0.2) is 0 Å². The lowest BCUT2D eigenvalue weighted by molar-refractivity contribution is -0.121. The summed E-state index contributed by atoms with van der Waals surface area (Å²) in [5.74, 6) is 0.223. The zero-order valence-corrected chi connectivity index (χ0v) is 8.56. The van der Waals surface area contributed by atoms with E-state index >= 15 is 0 Å². The van der Waals surface area contributed by atoms with E-state index in [4.69, 9.17) is 0 Å². The van der Waals surface area contributed by atoms with Crippen LogP contribution < -0.4 is 0 Å². The zero-order chi connectivity index (χ0) is 9.84. The van der Waals surface area contributed by atoms with Crippen molar-refractivity contribution in [3.63, 3.8) is 0 Å². The van der Waals surface area contributed by atoms with Crippen LogP contribution in [-0.4, -0.2) is 12.1 Å². The molecule has 0 saturated carbocycles. The molecule has 13 heavy (non-hydrogen) atoms. The lowest BCUT2D eigenvalue weighted by Gasteiger charge is -2.02. The van der Waals surface area contributed by atoms with Crippen molar-refractivity contribution in [3.05, 3.63) is 21.9 Å². The number of thiophene rings is 1. The summed E-state index contributed by atoms with van der Waals surface area (Å²) >= 11 is 1.46. The van der Waals surface area contributed by atoms with Gasteiger partial charge in [0.1, 0.15) is 5.78 Å². The van der Waals surface area contributed by atoms with Gasteiger partial charge >= 0.3 is 0 Å². The summed E-state index contributed by atoms with van der Waals surface area (Å²) in [7, 11) is 0. The molecule has 70 valence electrons. The molecule has 0 radical (unpaired) electrons. The molecule has 2 nitrogen and oxygen atoms in total. The van der Waals surface area contributed by atoms with Gasteiger partial charge in [0, 0.05) is 23.3 Å². The van der Waals surface area contributed by atoms with E-state index in [1.165, 1.54) is 11.3 Å². The highest BCUT2D eigenvalue weighted by Gasteiger charge is 2.11. The van der Waals surface area contributed by atoms with Gasteiger partial charge in [-0.3, -0.25) is 9.59 Å². The van der Waals surface area contributed by atoms with Crippen LogP contribution in [-0.2, 0) is 11.2 Å². The highest BCUT2D eigenvalue weighted by molar-refractivity contribution is 7.08. The van der Waals surface area contributed by atoms with Crippen LogP contribution in [0.4, 0.5) is 0 Å². The summed E-state index contributed by atoms with van der Waals surface area (Å²) in [6.07, 6.45) is 1.19. The second-order valence-corrected chi connectivity index (χ2v) is 4.01. The van der Waals surface area contributed by atoms with Crippen LogP contribution in [0.1, 0.15) is 29.8 Å². The molecule has 0 spiro atoms. The van der Waals surface area contributed by atoms with Crippen LogP contribution in [0.25, 0.3) is 0 Å². The Morgan fingerprint density at radius 1 is 1.54 bits per heavy atom. The fraction of sp³-hybridized carbons (Fsp3) is 0.400. The topological polar surface area (TPSA) is 34.1 Å². The highest BCUT2D eigenvalue weighted by atomic mass is 32.1. The Hall–Kier alpha value is -0.960. The van der Waals surface area contributed by atoms with Gasteiger partial charge in [0.2, 0.25) is 0 Å². The first kappa shape index (κ1) is 10.1. The Morgan fingerprint density at radius 2 is 2.23 bits per heavy atom. The number of hydrogen-bond donors (Lipinski definition) is 0. The molecule has 1 aromatic rings. The van der Waals surface area contributed by atoms with E-state index < -0.39 is 0 Å². The minimum atomic E-state index is 0.0411. The number of hydrogen-bond acceptors (Lipinski definition) is 3. The smallest absolute Gasteiger partial charge is 0.151 e. The van der Waals surface area contributed by atoms with E-state index in [1.807, 2.05) is 19.2 Å². The largest absolute Gasteiger partial charge is 0.299 e.